The number of carbonyl (C=O) groups is 1. The molecule has 1 fully saturated rings. The van der Waals surface area contributed by atoms with Crippen LogP contribution in [0.2, 0.25) is 0 Å². The summed E-state index contributed by atoms with van der Waals surface area (Å²) in [6.45, 7) is 3.75. The number of carbonyl (C=O) groups excluding carboxylic acids is 1. The van der Waals surface area contributed by atoms with Crippen molar-refractivity contribution < 1.29 is 13.7 Å². The van der Waals surface area contributed by atoms with E-state index in [9.17, 15) is 4.79 Å². The highest BCUT2D eigenvalue weighted by Crippen LogP contribution is 2.21. The average molecular weight is 337 g/mol. The van der Waals surface area contributed by atoms with Gasteiger partial charge in [0.25, 0.3) is 5.91 Å². The van der Waals surface area contributed by atoms with Gasteiger partial charge in [0, 0.05) is 37.8 Å². The number of aromatic nitrogens is 1. The average Bonchev–Trinajstić information content (AvgIpc) is 3.34. The Morgan fingerprint density at radius 3 is 2.56 bits per heavy atom. The summed E-state index contributed by atoms with van der Waals surface area (Å²) in [6, 6.07) is 15.2. The second-order valence-electron chi connectivity index (χ2n) is 6.09. The lowest BCUT2D eigenvalue weighted by molar-refractivity contribution is 0.0610. The van der Waals surface area contributed by atoms with Gasteiger partial charge in [-0.3, -0.25) is 9.69 Å². The molecule has 128 valence electrons. The standard InChI is InChI=1S/C19H19N3O3/c23-19(17-13-18(25-20-17)15-5-2-1-3-6-15)22-10-8-21(9-11-22)14-16-7-4-12-24-16/h1-7,12-13H,8-11,14H2. The molecular formula is C19H19N3O3. The first-order chi connectivity index (χ1) is 12.3. The number of hydrogen-bond acceptors (Lipinski definition) is 5. The SMILES string of the molecule is O=C(c1cc(-c2ccccc2)on1)N1CCN(Cc2ccco2)CC1. The van der Waals surface area contributed by atoms with Gasteiger partial charge >= 0.3 is 0 Å². The predicted molar refractivity (Wildman–Crippen MR) is 91.8 cm³/mol. The Kier molecular flexibility index (Phi) is 4.35. The normalized spacial score (nSPS) is 15.4. The Balaban J connectivity index is 1.37. The minimum absolute atomic E-state index is 0.0800. The number of hydrogen-bond donors (Lipinski definition) is 0. The Labute approximate surface area is 145 Å². The molecule has 0 spiro atoms. The minimum atomic E-state index is -0.0800. The maximum Gasteiger partial charge on any atom is 0.276 e. The number of rotatable bonds is 4. The van der Waals surface area contributed by atoms with E-state index >= 15 is 0 Å². The van der Waals surface area contributed by atoms with Crippen LogP contribution in [-0.4, -0.2) is 47.0 Å². The van der Waals surface area contributed by atoms with Crippen LogP contribution in [-0.2, 0) is 6.54 Å². The fourth-order valence-electron chi connectivity index (χ4n) is 3.01. The van der Waals surface area contributed by atoms with Crippen molar-refractivity contribution in [1.29, 1.82) is 0 Å². The van der Waals surface area contributed by atoms with Gasteiger partial charge < -0.3 is 13.8 Å². The van der Waals surface area contributed by atoms with Crippen molar-refractivity contribution >= 4 is 5.91 Å². The molecule has 25 heavy (non-hydrogen) atoms. The molecule has 0 N–H and O–H groups in total. The van der Waals surface area contributed by atoms with E-state index in [1.165, 1.54) is 0 Å². The number of amides is 1. The molecule has 1 aromatic carbocycles. The monoisotopic (exact) mass is 337 g/mol. The smallest absolute Gasteiger partial charge is 0.276 e. The van der Waals surface area contributed by atoms with E-state index in [-0.39, 0.29) is 5.91 Å². The van der Waals surface area contributed by atoms with Crippen LogP contribution in [0.5, 0.6) is 0 Å². The largest absolute Gasteiger partial charge is 0.468 e. The summed E-state index contributed by atoms with van der Waals surface area (Å²) in [5, 5.41) is 3.95. The molecule has 0 radical (unpaired) electrons. The van der Waals surface area contributed by atoms with E-state index in [4.69, 9.17) is 8.94 Å². The molecule has 2 aromatic heterocycles. The van der Waals surface area contributed by atoms with Gasteiger partial charge in [-0.15, -0.1) is 0 Å². The van der Waals surface area contributed by atoms with Gasteiger partial charge in [0.2, 0.25) is 0 Å². The van der Waals surface area contributed by atoms with Crippen molar-refractivity contribution in [3.63, 3.8) is 0 Å². The van der Waals surface area contributed by atoms with Crippen molar-refractivity contribution in [3.8, 4) is 11.3 Å². The van der Waals surface area contributed by atoms with Gasteiger partial charge in [-0.1, -0.05) is 35.5 Å². The van der Waals surface area contributed by atoms with E-state index in [1.807, 2.05) is 47.4 Å². The van der Waals surface area contributed by atoms with E-state index in [1.54, 1.807) is 12.3 Å². The minimum Gasteiger partial charge on any atom is -0.468 e. The zero-order valence-corrected chi connectivity index (χ0v) is 13.8. The maximum atomic E-state index is 12.6. The Hall–Kier alpha value is -2.86. The molecule has 1 amide bonds. The third-order valence-electron chi connectivity index (χ3n) is 4.41. The summed E-state index contributed by atoms with van der Waals surface area (Å²) < 4.78 is 10.7. The molecule has 6 nitrogen and oxygen atoms in total. The molecule has 0 bridgehead atoms. The zero-order chi connectivity index (χ0) is 17.1. The van der Waals surface area contributed by atoms with Crippen molar-refractivity contribution in [3.05, 3.63) is 66.2 Å². The summed E-state index contributed by atoms with van der Waals surface area (Å²) in [5.41, 5.74) is 1.27. The van der Waals surface area contributed by atoms with Crippen LogP contribution in [0.3, 0.4) is 0 Å². The fraction of sp³-hybridized carbons (Fsp3) is 0.263. The fourth-order valence-corrected chi connectivity index (χ4v) is 3.01. The molecule has 0 atom stereocenters. The molecule has 0 unspecified atom stereocenters. The van der Waals surface area contributed by atoms with Crippen LogP contribution in [0.4, 0.5) is 0 Å². The molecule has 0 saturated carbocycles. The molecule has 1 aliphatic heterocycles. The third-order valence-corrected chi connectivity index (χ3v) is 4.41. The van der Waals surface area contributed by atoms with Crippen molar-refractivity contribution in [2.45, 2.75) is 6.54 Å². The van der Waals surface area contributed by atoms with E-state index in [2.05, 4.69) is 10.1 Å². The van der Waals surface area contributed by atoms with E-state index in [0.717, 1.165) is 31.0 Å². The highest BCUT2D eigenvalue weighted by molar-refractivity contribution is 5.93. The highest BCUT2D eigenvalue weighted by Gasteiger charge is 2.25. The summed E-state index contributed by atoms with van der Waals surface area (Å²) in [5.74, 6) is 1.48. The first-order valence-electron chi connectivity index (χ1n) is 8.36. The first-order valence-corrected chi connectivity index (χ1v) is 8.36. The van der Waals surface area contributed by atoms with Gasteiger partial charge in [0.15, 0.2) is 11.5 Å². The van der Waals surface area contributed by atoms with Crippen LogP contribution < -0.4 is 0 Å². The Bertz CT molecular complexity index is 819. The first kappa shape index (κ1) is 15.7. The second kappa shape index (κ2) is 6.94. The molecule has 0 aliphatic carbocycles. The summed E-state index contributed by atoms with van der Waals surface area (Å²) in [7, 11) is 0. The lowest BCUT2D eigenvalue weighted by atomic mass is 10.1. The van der Waals surface area contributed by atoms with Gasteiger partial charge in [-0.05, 0) is 12.1 Å². The molecule has 3 aromatic rings. The number of piperazine rings is 1. The quantitative estimate of drug-likeness (QED) is 0.732. The zero-order valence-electron chi connectivity index (χ0n) is 13.8. The lowest BCUT2D eigenvalue weighted by Crippen LogP contribution is -2.48. The van der Waals surface area contributed by atoms with Crippen LogP contribution in [0.1, 0.15) is 16.2 Å². The van der Waals surface area contributed by atoms with Crippen molar-refractivity contribution in [1.82, 2.24) is 15.0 Å². The maximum absolute atomic E-state index is 12.6. The topological polar surface area (TPSA) is 62.7 Å². The van der Waals surface area contributed by atoms with E-state index < -0.39 is 0 Å². The molecule has 6 heteroatoms. The molecule has 3 heterocycles. The lowest BCUT2D eigenvalue weighted by Gasteiger charge is -2.33. The predicted octanol–water partition coefficient (Wildman–Crippen LogP) is 2.89. The molecule has 1 saturated heterocycles. The van der Waals surface area contributed by atoms with Gasteiger partial charge in [0.05, 0.1) is 12.8 Å². The van der Waals surface area contributed by atoms with Crippen LogP contribution in [0.15, 0.2) is 63.7 Å². The second-order valence-corrected chi connectivity index (χ2v) is 6.09. The van der Waals surface area contributed by atoms with Gasteiger partial charge in [0.1, 0.15) is 5.76 Å². The summed E-state index contributed by atoms with van der Waals surface area (Å²) in [4.78, 5) is 16.7. The third kappa shape index (κ3) is 3.49. The van der Waals surface area contributed by atoms with Gasteiger partial charge in [-0.25, -0.2) is 0 Å². The highest BCUT2D eigenvalue weighted by atomic mass is 16.5. The Morgan fingerprint density at radius 1 is 1.04 bits per heavy atom. The molecule has 1 aliphatic rings. The van der Waals surface area contributed by atoms with Crippen molar-refractivity contribution in [2.24, 2.45) is 0 Å². The van der Waals surface area contributed by atoms with Gasteiger partial charge in [-0.2, -0.15) is 0 Å². The van der Waals surface area contributed by atoms with Crippen LogP contribution in [0, 0.1) is 0 Å². The van der Waals surface area contributed by atoms with Crippen LogP contribution >= 0.6 is 0 Å². The molecular weight excluding hydrogens is 318 g/mol. The van der Waals surface area contributed by atoms with E-state index in [0.29, 0.717) is 24.5 Å². The van der Waals surface area contributed by atoms with Crippen LogP contribution in [0.25, 0.3) is 11.3 Å². The Morgan fingerprint density at radius 2 is 1.84 bits per heavy atom. The number of nitrogens with zero attached hydrogens (tertiary/aromatic N) is 3. The molecule has 4 rings (SSSR count). The summed E-state index contributed by atoms with van der Waals surface area (Å²) >= 11 is 0. The summed E-state index contributed by atoms with van der Waals surface area (Å²) in [6.07, 6.45) is 1.68. The number of furan rings is 1. The number of benzene rings is 1. The van der Waals surface area contributed by atoms with Crippen molar-refractivity contribution in [2.75, 3.05) is 26.2 Å².